The molecule has 0 aliphatic heterocycles. The molecular formula is C12H19NO2S. The maximum atomic E-state index is 11.6. The fourth-order valence-electron chi connectivity index (χ4n) is 1.57. The average molecular weight is 241 g/mol. The smallest absolute Gasteiger partial charge is 0.313 e. The number of ether oxygens (including phenoxy) is 1. The lowest BCUT2D eigenvalue weighted by atomic mass is 9.86. The van der Waals surface area contributed by atoms with Crippen molar-refractivity contribution in [2.24, 2.45) is 11.1 Å². The number of rotatable bonds is 5. The summed E-state index contributed by atoms with van der Waals surface area (Å²) in [4.78, 5) is 14.2. The Morgan fingerprint density at radius 2 is 2.12 bits per heavy atom. The summed E-state index contributed by atoms with van der Waals surface area (Å²) in [5.41, 5.74) is 5.07. The summed E-state index contributed by atoms with van der Waals surface area (Å²) < 4.78 is 4.80. The van der Waals surface area contributed by atoms with Crippen molar-refractivity contribution in [1.29, 1.82) is 0 Å². The molecule has 2 N–H and O–H groups in total. The van der Waals surface area contributed by atoms with Gasteiger partial charge in [-0.3, -0.25) is 4.79 Å². The van der Waals surface area contributed by atoms with E-state index in [4.69, 9.17) is 10.5 Å². The van der Waals surface area contributed by atoms with Crippen molar-refractivity contribution in [3.8, 4) is 0 Å². The number of hydrogen-bond acceptors (Lipinski definition) is 4. The first kappa shape index (κ1) is 13.2. The summed E-state index contributed by atoms with van der Waals surface area (Å²) in [5, 5.41) is 0. The van der Waals surface area contributed by atoms with Crippen molar-refractivity contribution in [3.63, 3.8) is 0 Å². The van der Waals surface area contributed by atoms with Gasteiger partial charge in [-0.15, -0.1) is 11.3 Å². The second-order valence-electron chi connectivity index (χ2n) is 4.15. The molecule has 0 amide bonds. The van der Waals surface area contributed by atoms with Gasteiger partial charge in [0.15, 0.2) is 0 Å². The normalized spacial score (nSPS) is 14.5. The highest BCUT2D eigenvalue weighted by Gasteiger charge is 2.33. The van der Waals surface area contributed by atoms with Crippen molar-refractivity contribution >= 4 is 17.3 Å². The fraction of sp³-hybridized carbons (Fsp3) is 0.583. The third kappa shape index (κ3) is 2.83. The standard InChI is InChI=1S/C12H19NO2S/c1-4-9-5-6-10(16-9)7-12(2,8-13)11(14)15-3/h5-6H,4,7-8,13H2,1-3H3. The molecule has 16 heavy (non-hydrogen) atoms. The Hall–Kier alpha value is -0.870. The number of methoxy groups -OCH3 is 1. The predicted octanol–water partition coefficient (Wildman–Crippen LogP) is 1.99. The van der Waals surface area contributed by atoms with Crippen LogP contribution in [0.5, 0.6) is 0 Å². The summed E-state index contributed by atoms with van der Waals surface area (Å²) in [6.45, 7) is 4.28. The van der Waals surface area contributed by atoms with Gasteiger partial charge < -0.3 is 10.5 Å². The van der Waals surface area contributed by atoms with Gasteiger partial charge in [0.05, 0.1) is 12.5 Å². The molecule has 0 saturated carbocycles. The van der Waals surface area contributed by atoms with Crippen LogP contribution >= 0.6 is 11.3 Å². The topological polar surface area (TPSA) is 52.3 Å². The van der Waals surface area contributed by atoms with Gasteiger partial charge in [-0.05, 0) is 31.9 Å². The van der Waals surface area contributed by atoms with Crippen LogP contribution in [0.25, 0.3) is 0 Å². The number of esters is 1. The molecule has 0 aliphatic rings. The quantitative estimate of drug-likeness (QED) is 0.802. The molecule has 0 aliphatic carbocycles. The van der Waals surface area contributed by atoms with E-state index in [1.807, 2.05) is 6.92 Å². The molecule has 1 aromatic rings. The molecular weight excluding hydrogens is 222 g/mol. The number of nitrogens with two attached hydrogens (primary N) is 1. The van der Waals surface area contributed by atoms with E-state index in [0.717, 1.165) is 6.42 Å². The van der Waals surface area contributed by atoms with Gasteiger partial charge in [-0.2, -0.15) is 0 Å². The fourth-order valence-corrected chi connectivity index (χ4v) is 2.71. The van der Waals surface area contributed by atoms with E-state index < -0.39 is 5.41 Å². The first-order valence-electron chi connectivity index (χ1n) is 5.41. The molecule has 1 heterocycles. The average Bonchev–Trinajstić information content (AvgIpc) is 2.75. The van der Waals surface area contributed by atoms with E-state index >= 15 is 0 Å². The molecule has 3 nitrogen and oxygen atoms in total. The lowest BCUT2D eigenvalue weighted by molar-refractivity contribution is -0.151. The van der Waals surface area contributed by atoms with Gasteiger partial charge in [0.1, 0.15) is 0 Å². The van der Waals surface area contributed by atoms with Crippen LogP contribution in [-0.4, -0.2) is 19.6 Å². The Morgan fingerprint density at radius 1 is 1.50 bits per heavy atom. The maximum absolute atomic E-state index is 11.6. The second-order valence-corrected chi connectivity index (χ2v) is 5.41. The molecule has 0 bridgehead atoms. The SMILES string of the molecule is CCc1ccc(CC(C)(CN)C(=O)OC)s1. The number of aryl methyl sites for hydroxylation is 1. The van der Waals surface area contributed by atoms with E-state index in [2.05, 4.69) is 19.1 Å². The number of thiophene rings is 1. The number of hydrogen-bond donors (Lipinski definition) is 1. The molecule has 1 rings (SSSR count). The van der Waals surface area contributed by atoms with Crippen molar-refractivity contribution in [2.75, 3.05) is 13.7 Å². The zero-order valence-electron chi connectivity index (χ0n) is 10.1. The molecule has 90 valence electrons. The lowest BCUT2D eigenvalue weighted by Crippen LogP contribution is -2.38. The highest BCUT2D eigenvalue weighted by Crippen LogP contribution is 2.27. The van der Waals surface area contributed by atoms with Crippen molar-refractivity contribution in [3.05, 3.63) is 21.9 Å². The minimum Gasteiger partial charge on any atom is -0.469 e. The zero-order chi connectivity index (χ0) is 12.2. The van der Waals surface area contributed by atoms with Crippen LogP contribution in [0.15, 0.2) is 12.1 Å². The minimum absolute atomic E-state index is 0.235. The highest BCUT2D eigenvalue weighted by molar-refractivity contribution is 7.12. The highest BCUT2D eigenvalue weighted by atomic mass is 32.1. The molecule has 1 unspecified atom stereocenters. The largest absolute Gasteiger partial charge is 0.469 e. The van der Waals surface area contributed by atoms with Gasteiger partial charge in [-0.25, -0.2) is 0 Å². The van der Waals surface area contributed by atoms with E-state index in [-0.39, 0.29) is 5.97 Å². The number of carbonyl (C=O) groups is 1. The lowest BCUT2D eigenvalue weighted by Gasteiger charge is -2.23. The van der Waals surface area contributed by atoms with Crippen LogP contribution in [0.4, 0.5) is 0 Å². The summed E-state index contributed by atoms with van der Waals surface area (Å²) in [7, 11) is 1.40. The Kier molecular flexibility index (Phi) is 4.50. The van der Waals surface area contributed by atoms with Crippen molar-refractivity contribution < 1.29 is 9.53 Å². The molecule has 4 heteroatoms. The van der Waals surface area contributed by atoms with E-state index in [1.165, 1.54) is 16.9 Å². The van der Waals surface area contributed by atoms with E-state index in [1.54, 1.807) is 11.3 Å². The Morgan fingerprint density at radius 3 is 2.56 bits per heavy atom. The van der Waals surface area contributed by atoms with Gasteiger partial charge in [0.2, 0.25) is 0 Å². The van der Waals surface area contributed by atoms with E-state index in [9.17, 15) is 4.79 Å². The van der Waals surface area contributed by atoms with Crippen molar-refractivity contribution in [2.45, 2.75) is 26.7 Å². The van der Waals surface area contributed by atoms with Gasteiger partial charge >= 0.3 is 5.97 Å². The first-order chi connectivity index (χ1) is 7.55. The molecule has 1 atom stereocenters. The van der Waals surface area contributed by atoms with Gasteiger partial charge in [-0.1, -0.05) is 6.92 Å². The van der Waals surface area contributed by atoms with E-state index in [0.29, 0.717) is 13.0 Å². The maximum Gasteiger partial charge on any atom is 0.313 e. The van der Waals surface area contributed by atoms with Crippen LogP contribution < -0.4 is 5.73 Å². The minimum atomic E-state index is -0.607. The van der Waals surface area contributed by atoms with Crippen LogP contribution in [0, 0.1) is 5.41 Å². The third-order valence-corrected chi connectivity index (χ3v) is 3.99. The summed E-state index contributed by atoms with van der Waals surface area (Å²) in [6.07, 6.45) is 1.68. The van der Waals surface area contributed by atoms with Crippen LogP contribution in [0.1, 0.15) is 23.6 Å². The first-order valence-corrected chi connectivity index (χ1v) is 6.23. The number of carbonyl (C=O) groups excluding carboxylic acids is 1. The zero-order valence-corrected chi connectivity index (χ0v) is 10.9. The van der Waals surface area contributed by atoms with Crippen LogP contribution in [0.3, 0.4) is 0 Å². The van der Waals surface area contributed by atoms with Crippen LogP contribution in [-0.2, 0) is 22.4 Å². The summed E-state index contributed by atoms with van der Waals surface area (Å²) >= 11 is 1.74. The predicted molar refractivity (Wildman–Crippen MR) is 66.6 cm³/mol. The van der Waals surface area contributed by atoms with Crippen molar-refractivity contribution in [1.82, 2.24) is 0 Å². The molecule has 0 fully saturated rings. The third-order valence-electron chi connectivity index (χ3n) is 2.76. The molecule has 0 aromatic carbocycles. The second kappa shape index (κ2) is 5.46. The Bertz CT molecular complexity index is 362. The molecule has 0 saturated heterocycles. The summed E-state index contributed by atoms with van der Waals surface area (Å²) in [6, 6.07) is 4.18. The van der Waals surface area contributed by atoms with Gasteiger partial charge in [0.25, 0.3) is 0 Å². The summed E-state index contributed by atoms with van der Waals surface area (Å²) in [5.74, 6) is -0.235. The van der Waals surface area contributed by atoms with Crippen LogP contribution in [0.2, 0.25) is 0 Å². The molecule has 1 aromatic heterocycles. The molecule has 0 radical (unpaired) electrons. The van der Waals surface area contributed by atoms with Gasteiger partial charge in [0, 0.05) is 16.3 Å². The molecule has 0 spiro atoms. The Balaban J connectivity index is 2.80. The monoisotopic (exact) mass is 241 g/mol. The Labute approximate surface area is 101 Å².